The number of nitrogens with one attached hydrogen (secondary N) is 1. The van der Waals surface area contributed by atoms with Crippen molar-refractivity contribution in [3.05, 3.63) is 53.5 Å². The van der Waals surface area contributed by atoms with E-state index in [2.05, 4.69) is 58.4 Å². The standard InChI is InChI=1S/C16H22N4/c1-4-17-15-10-13(2)18-16(19-15)12-20(3)11-14-8-6-5-7-9-14/h5-10H,4,11-12H2,1-3H3,(H,17,18,19). The van der Waals surface area contributed by atoms with Crippen molar-refractivity contribution in [1.29, 1.82) is 0 Å². The summed E-state index contributed by atoms with van der Waals surface area (Å²) in [6.07, 6.45) is 0. The lowest BCUT2D eigenvalue weighted by Gasteiger charge is -2.16. The summed E-state index contributed by atoms with van der Waals surface area (Å²) in [5.41, 5.74) is 2.30. The molecule has 0 aliphatic carbocycles. The minimum absolute atomic E-state index is 0.745. The van der Waals surface area contributed by atoms with Crippen LogP contribution in [-0.2, 0) is 13.1 Å². The molecule has 4 heteroatoms. The third kappa shape index (κ3) is 4.31. The molecule has 106 valence electrons. The SMILES string of the molecule is CCNc1cc(C)nc(CN(C)Cc2ccccc2)n1. The summed E-state index contributed by atoms with van der Waals surface area (Å²) in [6, 6.07) is 12.4. The van der Waals surface area contributed by atoms with E-state index in [-0.39, 0.29) is 0 Å². The van der Waals surface area contributed by atoms with Gasteiger partial charge in [0.1, 0.15) is 11.6 Å². The molecular weight excluding hydrogens is 248 g/mol. The van der Waals surface area contributed by atoms with Crippen molar-refractivity contribution in [2.45, 2.75) is 26.9 Å². The number of anilines is 1. The maximum Gasteiger partial charge on any atom is 0.144 e. The number of nitrogens with zero attached hydrogens (tertiary/aromatic N) is 3. The van der Waals surface area contributed by atoms with Crippen molar-refractivity contribution in [3.63, 3.8) is 0 Å². The van der Waals surface area contributed by atoms with E-state index in [1.165, 1.54) is 5.56 Å². The van der Waals surface area contributed by atoms with E-state index in [1.54, 1.807) is 0 Å². The zero-order valence-corrected chi connectivity index (χ0v) is 12.4. The van der Waals surface area contributed by atoms with Crippen LogP contribution in [0.25, 0.3) is 0 Å². The van der Waals surface area contributed by atoms with Crippen LogP contribution < -0.4 is 5.32 Å². The van der Waals surface area contributed by atoms with Gasteiger partial charge in [0.25, 0.3) is 0 Å². The van der Waals surface area contributed by atoms with Crippen LogP contribution >= 0.6 is 0 Å². The van der Waals surface area contributed by atoms with E-state index in [0.29, 0.717) is 0 Å². The molecule has 4 nitrogen and oxygen atoms in total. The molecule has 0 aliphatic heterocycles. The number of benzene rings is 1. The summed E-state index contributed by atoms with van der Waals surface area (Å²) in [6.45, 7) is 6.58. The zero-order valence-electron chi connectivity index (χ0n) is 12.4. The van der Waals surface area contributed by atoms with Gasteiger partial charge in [0.15, 0.2) is 0 Å². The van der Waals surface area contributed by atoms with Crippen LogP contribution in [-0.4, -0.2) is 28.5 Å². The van der Waals surface area contributed by atoms with Gasteiger partial charge < -0.3 is 5.32 Å². The molecule has 1 heterocycles. The molecule has 0 aliphatic rings. The highest BCUT2D eigenvalue weighted by Gasteiger charge is 2.06. The summed E-state index contributed by atoms with van der Waals surface area (Å²) in [5.74, 6) is 1.77. The molecule has 0 fully saturated rings. The van der Waals surface area contributed by atoms with E-state index in [1.807, 2.05) is 19.1 Å². The highest BCUT2D eigenvalue weighted by molar-refractivity contribution is 5.35. The van der Waals surface area contributed by atoms with Crippen LogP contribution in [0.4, 0.5) is 5.82 Å². The molecule has 2 rings (SSSR count). The number of hydrogen-bond donors (Lipinski definition) is 1. The zero-order chi connectivity index (χ0) is 14.4. The second kappa shape index (κ2) is 7.01. The number of aryl methyl sites for hydroxylation is 1. The van der Waals surface area contributed by atoms with Crippen LogP contribution in [0.3, 0.4) is 0 Å². The molecule has 2 aromatic rings. The fraction of sp³-hybridized carbons (Fsp3) is 0.375. The predicted octanol–water partition coefficient (Wildman–Crippen LogP) is 2.85. The molecule has 1 N–H and O–H groups in total. The minimum atomic E-state index is 0.745. The van der Waals surface area contributed by atoms with Crippen molar-refractivity contribution in [3.8, 4) is 0 Å². The Morgan fingerprint density at radius 1 is 1.10 bits per heavy atom. The summed E-state index contributed by atoms with van der Waals surface area (Å²) in [7, 11) is 2.09. The quantitative estimate of drug-likeness (QED) is 0.876. The van der Waals surface area contributed by atoms with Crippen molar-refractivity contribution < 1.29 is 0 Å². The summed E-state index contributed by atoms with van der Waals surface area (Å²) in [4.78, 5) is 11.3. The van der Waals surface area contributed by atoms with Crippen molar-refractivity contribution in [1.82, 2.24) is 14.9 Å². The van der Waals surface area contributed by atoms with Crippen LogP contribution in [0.1, 0.15) is 24.0 Å². The van der Waals surface area contributed by atoms with E-state index >= 15 is 0 Å². The summed E-state index contributed by atoms with van der Waals surface area (Å²) in [5, 5.41) is 3.24. The van der Waals surface area contributed by atoms with Gasteiger partial charge in [0, 0.05) is 24.8 Å². The molecule has 20 heavy (non-hydrogen) atoms. The van der Waals surface area contributed by atoms with Crippen molar-refractivity contribution in [2.75, 3.05) is 18.9 Å². The molecule has 1 aromatic heterocycles. The Kier molecular flexibility index (Phi) is 5.07. The highest BCUT2D eigenvalue weighted by atomic mass is 15.1. The van der Waals surface area contributed by atoms with Crippen molar-refractivity contribution >= 4 is 5.82 Å². The van der Waals surface area contributed by atoms with Gasteiger partial charge in [-0.05, 0) is 26.5 Å². The lowest BCUT2D eigenvalue weighted by atomic mass is 10.2. The second-order valence-corrected chi connectivity index (χ2v) is 5.00. The Balaban J connectivity index is 2.02. The summed E-state index contributed by atoms with van der Waals surface area (Å²) >= 11 is 0. The van der Waals surface area contributed by atoms with Crippen LogP contribution in [0.5, 0.6) is 0 Å². The smallest absolute Gasteiger partial charge is 0.144 e. The Morgan fingerprint density at radius 3 is 2.55 bits per heavy atom. The fourth-order valence-electron chi connectivity index (χ4n) is 2.16. The van der Waals surface area contributed by atoms with Gasteiger partial charge in [-0.2, -0.15) is 0 Å². The first-order valence-electron chi connectivity index (χ1n) is 6.98. The van der Waals surface area contributed by atoms with Gasteiger partial charge in [0.2, 0.25) is 0 Å². The van der Waals surface area contributed by atoms with Gasteiger partial charge in [-0.1, -0.05) is 30.3 Å². The molecule has 0 spiro atoms. The minimum Gasteiger partial charge on any atom is -0.370 e. The largest absolute Gasteiger partial charge is 0.370 e. The third-order valence-electron chi connectivity index (χ3n) is 2.97. The third-order valence-corrected chi connectivity index (χ3v) is 2.97. The number of hydrogen-bond acceptors (Lipinski definition) is 4. The van der Waals surface area contributed by atoms with E-state index in [4.69, 9.17) is 0 Å². The predicted molar refractivity (Wildman–Crippen MR) is 82.5 cm³/mol. The van der Waals surface area contributed by atoms with Gasteiger partial charge in [-0.25, -0.2) is 9.97 Å². The molecular formula is C16H22N4. The molecule has 0 atom stereocenters. The maximum absolute atomic E-state index is 4.54. The molecule has 1 aromatic carbocycles. The van der Waals surface area contributed by atoms with E-state index in [0.717, 1.165) is 37.0 Å². The van der Waals surface area contributed by atoms with E-state index in [9.17, 15) is 0 Å². The Hall–Kier alpha value is -1.94. The number of rotatable bonds is 6. The first kappa shape index (κ1) is 14.5. The van der Waals surface area contributed by atoms with E-state index < -0.39 is 0 Å². The Labute approximate surface area is 120 Å². The molecule has 0 saturated carbocycles. The van der Waals surface area contributed by atoms with Gasteiger partial charge in [-0.3, -0.25) is 4.90 Å². The average Bonchev–Trinajstić information content (AvgIpc) is 2.39. The van der Waals surface area contributed by atoms with Crippen LogP contribution in [0.15, 0.2) is 36.4 Å². The van der Waals surface area contributed by atoms with Crippen LogP contribution in [0, 0.1) is 6.92 Å². The molecule has 0 unspecified atom stereocenters. The lowest BCUT2D eigenvalue weighted by molar-refractivity contribution is 0.310. The molecule has 0 bridgehead atoms. The maximum atomic E-state index is 4.54. The molecule has 0 amide bonds. The van der Waals surface area contributed by atoms with Crippen LogP contribution in [0.2, 0.25) is 0 Å². The molecule has 0 saturated heterocycles. The lowest BCUT2D eigenvalue weighted by Crippen LogP contribution is -2.19. The highest BCUT2D eigenvalue weighted by Crippen LogP contribution is 2.09. The first-order valence-corrected chi connectivity index (χ1v) is 6.98. The first-order chi connectivity index (χ1) is 9.67. The monoisotopic (exact) mass is 270 g/mol. The van der Waals surface area contributed by atoms with Gasteiger partial charge in [0.05, 0.1) is 6.54 Å². The topological polar surface area (TPSA) is 41.1 Å². The number of aromatic nitrogens is 2. The van der Waals surface area contributed by atoms with Gasteiger partial charge in [-0.15, -0.1) is 0 Å². The molecule has 0 radical (unpaired) electrons. The van der Waals surface area contributed by atoms with Crippen molar-refractivity contribution in [2.24, 2.45) is 0 Å². The normalized spacial score (nSPS) is 10.8. The average molecular weight is 270 g/mol. The van der Waals surface area contributed by atoms with Gasteiger partial charge >= 0.3 is 0 Å². The Morgan fingerprint density at radius 2 is 1.85 bits per heavy atom. The second-order valence-electron chi connectivity index (χ2n) is 5.00. The summed E-state index contributed by atoms with van der Waals surface area (Å²) < 4.78 is 0. The Bertz CT molecular complexity index is 539. The fourth-order valence-corrected chi connectivity index (χ4v) is 2.16.